The number of carbonyl (C=O) groups excluding carboxylic acids is 3. The van der Waals surface area contributed by atoms with Crippen LogP contribution in [0, 0.1) is 12.3 Å². The van der Waals surface area contributed by atoms with E-state index in [-0.39, 0.29) is 37.8 Å². The van der Waals surface area contributed by atoms with Crippen molar-refractivity contribution in [1.82, 2.24) is 20.5 Å². The van der Waals surface area contributed by atoms with Crippen molar-refractivity contribution in [3.8, 4) is 10.4 Å². The molecule has 2 fully saturated rings. The van der Waals surface area contributed by atoms with Gasteiger partial charge in [0.05, 0.1) is 28.2 Å². The van der Waals surface area contributed by atoms with Crippen molar-refractivity contribution in [2.24, 2.45) is 5.41 Å². The number of hydrogen-bond donors (Lipinski definition) is 3. The third-order valence-electron chi connectivity index (χ3n) is 7.56. The summed E-state index contributed by atoms with van der Waals surface area (Å²) in [5.41, 5.74) is 2.15. The highest BCUT2D eigenvalue weighted by Gasteiger charge is 2.53. The van der Waals surface area contributed by atoms with E-state index in [1.54, 1.807) is 32.1 Å². The fourth-order valence-electron chi connectivity index (χ4n) is 5.04. The first-order chi connectivity index (χ1) is 18.3. The molecule has 0 bridgehead atoms. The summed E-state index contributed by atoms with van der Waals surface area (Å²) in [6.07, 6.45) is 1.04. The minimum absolute atomic E-state index is 0.0263. The molecular weight excluding hydrogens is 519 g/mol. The fraction of sp³-hybridized carbons (Fsp3) is 0.586. The lowest BCUT2D eigenvalue weighted by Crippen LogP contribution is -2.59. The number of aryl methyl sites for hydroxylation is 1. The van der Waals surface area contributed by atoms with Crippen LogP contribution in [0.1, 0.15) is 77.1 Å². The maximum absolute atomic E-state index is 14.4. The molecule has 4 unspecified atom stereocenters. The van der Waals surface area contributed by atoms with Gasteiger partial charge in [0.1, 0.15) is 12.1 Å². The van der Waals surface area contributed by atoms with E-state index >= 15 is 0 Å². The Balaban J connectivity index is 1.50. The minimum Gasteiger partial charge on any atom is -0.391 e. The van der Waals surface area contributed by atoms with Gasteiger partial charge >= 0.3 is 0 Å². The second kappa shape index (κ2) is 11.3. The number of alkyl halides is 1. The number of thiazole rings is 1. The summed E-state index contributed by atoms with van der Waals surface area (Å²) in [4.78, 5) is 46.5. The number of carbonyl (C=O) groups is 3. The van der Waals surface area contributed by atoms with Crippen LogP contribution in [0.5, 0.6) is 0 Å². The molecule has 2 heterocycles. The Morgan fingerprint density at radius 1 is 1.21 bits per heavy atom. The van der Waals surface area contributed by atoms with E-state index in [1.165, 1.54) is 4.90 Å². The van der Waals surface area contributed by atoms with Crippen LogP contribution in [0.3, 0.4) is 0 Å². The standard InChI is InChI=1S/C29H39FN4O4S/c1-6-7-21(18-8-10-19(11-9-18)23-17(2)31-16-39-23)32-25(36)22-14-20(35)15-34(22)26(37)24(28(3,4)5)33-27(38)29(30)12-13-29/h8-11,16,20-22,24,35H,6-7,12-15H2,1-5H3,(H,32,36)(H,33,38). The van der Waals surface area contributed by atoms with Crippen molar-refractivity contribution in [3.63, 3.8) is 0 Å². The van der Waals surface area contributed by atoms with Crippen LogP contribution >= 0.6 is 11.3 Å². The average molecular weight is 559 g/mol. The predicted molar refractivity (Wildman–Crippen MR) is 149 cm³/mol. The van der Waals surface area contributed by atoms with Gasteiger partial charge in [-0.25, -0.2) is 9.37 Å². The van der Waals surface area contributed by atoms with Crippen LogP contribution in [-0.4, -0.2) is 63.1 Å². The normalized spacial score (nSPS) is 21.8. The van der Waals surface area contributed by atoms with Crippen molar-refractivity contribution in [2.75, 3.05) is 6.54 Å². The molecule has 4 atom stereocenters. The van der Waals surface area contributed by atoms with Crippen LogP contribution < -0.4 is 10.6 Å². The number of benzene rings is 1. The summed E-state index contributed by atoms with van der Waals surface area (Å²) in [5.74, 6) is -1.64. The zero-order valence-electron chi connectivity index (χ0n) is 23.3. The zero-order valence-corrected chi connectivity index (χ0v) is 24.1. The SMILES string of the molecule is CCCC(NC(=O)C1CC(O)CN1C(=O)C(NC(=O)C1(F)CC1)C(C)(C)C)c1ccc(-c2scnc2C)cc1. The van der Waals surface area contributed by atoms with E-state index < -0.39 is 41.1 Å². The Morgan fingerprint density at radius 3 is 2.41 bits per heavy atom. The Labute approximate surface area is 233 Å². The summed E-state index contributed by atoms with van der Waals surface area (Å²) in [6, 6.07) is 5.84. The van der Waals surface area contributed by atoms with Gasteiger partial charge in [0, 0.05) is 13.0 Å². The van der Waals surface area contributed by atoms with Crippen molar-refractivity contribution in [1.29, 1.82) is 0 Å². The number of halogens is 1. The molecule has 1 saturated carbocycles. The van der Waals surface area contributed by atoms with Crippen molar-refractivity contribution < 1.29 is 23.9 Å². The van der Waals surface area contributed by atoms with Crippen LogP contribution in [0.2, 0.25) is 0 Å². The second-order valence-corrected chi connectivity index (χ2v) is 12.7. The van der Waals surface area contributed by atoms with E-state index in [9.17, 15) is 23.9 Å². The molecule has 2 aromatic rings. The lowest BCUT2D eigenvalue weighted by atomic mass is 9.85. The summed E-state index contributed by atoms with van der Waals surface area (Å²) >= 11 is 1.58. The summed E-state index contributed by atoms with van der Waals surface area (Å²) in [6.45, 7) is 9.33. The van der Waals surface area contributed by atoms with Crippen LogP contribution in [0.4, 0.5) is 4.39 Å². The maximum atomic E-state index is 14.4. The average Bonchev–Trinajstić information content (AvgIpc) is 3.29. The fourth-order valence-corrected chi connectivity index (χ4v) is 5.85. The van der Waals surface area contributed by atoms with Gasteiger partial charge in [0.15, 0.2) is 5.67 Å². The molecule has 39 heavy (non-hydrogen) atoms. The topological polar surface area (TPSA) is 112 Å². The van der Waals surface area contributed by atoms with Gasteiger partial charge in [-0.1, -0.05) is 58.4 Å². The number of aromatic nitrogens is 1. The maximum Gasteiger partial charge on any atom is 0.258 e. The largest absolute Gasteiger partial charge is 0.391 e. The lowest BCUT2D eigenvalue weighted by molar-refractivity contribution is -0.145. The molecule has 1 aliphatic heterocycles. The highest BCUT2D eigenvalue weighted by atomic mass is 32.1. The van der Waals surface area contributed by atoms with Gasteiger partial charge in [0.25, 0.3) is 5.91 Å². The zero-order chi connectivity index (χ0) is 28.5. The number of aliphatic hydroxyl groups is 1. The number of hydrogen-bond acceptors (Lipinski definition) is 6. The summed E-state index contributed by atoms with van der Waals surface area (Å²) < 4.78 is 14.4. The number of nitrogens with zero attached hydrogens (tertiary/aromatic N) is 2. The van der Waals surface area contributed by atoms with Gasteiger partial charge in [-0.05, 0) is 42.7 Å². The van der Waals surface area contributed by atoms with Crippen molar-refractivity contribution in [3.05, 3.63) is 41.0 Å². The molecule has 4 rings (SSSR count). The Morgan fingerprint density at radius 2 is 1.87 bits per heavy atom. The molecule has 3 N–H and O–H groups in total. The van der Waals surface area contributed by atoms with Gasteiger partial charge in [-0.2, -0.15) is 0 Å². The second-order valence-electron chi connectivity index (χ2n) is 11.9. The molecule has 0 spiro atoms. The van der Waals surface area contributed by atoms with Gasteiger partial charge < -0.3 is 20.6 Å². The molecule has 1 saturated heterocycles. The van der Waals surface area contributed by atoms with E-state index in [0.29, 0.717) is 6.42 Å². The van der Waals surface area contributed by atoms with Gasteiger partial charge in [0.2, 0.25) is 11.8 Å². The molecule has 2 aliphatic rings. The first kappa shape index (κ1) is 29.1. The molecule has 1 aromatic heterocycles. The molecule has 1 aliphatic carbocycles. The molecule has 212 valence electrons. The molecule has 0 radical (unpaired) electrons. The highest BCUT2D eigenvalue weighted by Crippen LogP contribution is 2.40. The number of likely N-dealkylation sites (tertiary alicyclic amines) is 1. The molecule has 1 aromatic carbocycles. The van der Waals surface area contributed by atoms with E-state index in [0.717, 1.165) is 28.1 Å². The van der Waals surface area contributed by atoms with Gasteiger partial charge in [-0.15, -0.1) is 11.3 Å². The third-order valence-corrected chi connectivity index (χ3v) is 8.54. The summed E-state index contributed by atoms with van der Waals surface area (Å²) in [5, 5.41) is 16.1. The molecular formula is C29H39FN4O4S. The van der Waals surface area contributed by atoms with Crippen molar-refractivity contribution >= 4 is 29.1 Å². The first-order valence-corrected chi connectivity index (χ1v) is 14.5. The van der Waals surface area contributed by atoms with Gasteiger partial charge in [-0.3, -0.25) is 14.4 Å². The number of amides is 3. The first-order valence-electron chi connectivity index (χ1n) is 13.6. The quantitative estimate of drug-likeness (QED) is 0.430. The van der Waals surface area contributed by atoms with E-state index in [4.69, 9.17) is 0 Å². The lowest BCUT2D eigenvalue weighted by Gasteiger charge is -2.36. The van der Waals surface area contributed by atoms with Crippen LogP contribution in [0.15, 0.2) is 29.8 Å². The molecule has 3 amide bonds. The van der Waals surface area contributed by atoms with E-state index in [1.807, 2.05) is 43.6 Å². The predicted octanol–water partition coefficient (Wildman–Crippen LogP) is 4.07. The number of β-amino-alcohol motifs (C(OH)–C–C–N with tert-alkyl or cyclic N) is 1. The Bertz CT molecular complexity index is 1200. The van der Waals surface area contributed by atoms with E-state index in [2.05, 4.69) is 15.6 Å². The molecule has 8 nitrogen and oxygen atoms in total. The number of aliphatic hydroxyl groups excluding tert-OH is 1. The minimum atomic E-state index is -1.92. The monoisotopic (exact) mass is 558 g/mol. The number of nitrogens with one attached hydrogen (secondary N) is 2. The third kappa shape index (κ3) is 6.49. The Hall–Kier alpha value is -2.85. The molecule has 10 heteroatoms. The van der Waals surface area contributed by atoms with Crippen LogP contribution in [-0.2, 0) is 14.4 Å². The van der Waals surface area contributed by atoms with Crippen molar-refractivity contribution in [2.45, 2.75) is 96.6 Å². The summed E-state index contributed by atoms with van der Waals surface area (Å²) in [7, 11) is 0. The Kier molecular flexibility index (Phi) is 8.47. The number of rotatable bonds is 9. The smallest absolute Gasteiger partial charge is 0.258 e. The van der Waals surface area contributed by atoms with Crippen LogP contribution in [0.25, 0.3) is 10.4 Å². The highest BCUT2D eigenvalue weighted by molar-refractivity contribution is 7.13.